The van der Waals surface area contributed by atoms with Crippen molar-refractivity contribution in [2.24, 2.45) is 5.73 Å². The van der Waals surface area contributed by atoms with Crippen LogP contribution in [0.25, 0.3) is 0 Å². The molecule has 4 rings (SSSR count). The van der Waals surface area contributed by atoms with Gasteiger partial charge in [-0.15, -0.1) is 0 Å². The molecule has 7 N–H and O–H groups in total. The Morgan fingerprint density at radius 1 is 0.636 bits per heavy atom. The van der Waals surface area contributed by atoms with Crippen LogP contribution in [0.3, 0.4) is 0 Å². The lowest BCUT2D eigenvalue weighted by Gasteiger charge is -2.22. The number of rotatable bonds is 13. The zero-order chi connectivity index (χ0) is 41.2. The summed E-state index contributed by atoms with van der Waals surface area (Å²) < 4.78 is 9.95. The second-order valence-electron chi connectivity index (χ2n) is 12.0. The topological polar surface area (TPSA) is 240 Å². The molecule has 2 unspecified atom stereocenters. The number of carbonyl (C=O) groups is 6. The van der Waals surface area contributed by atoms with Gasteiger partial charge in [0.1, 0.15) is 11.5 Å². The van der Waals surface area contributed by atoms with Crippen LogP contribution < -0.4 is 20.5 Å². The van der Waals surface area contributed by atoms with Crippen LogP contribution in [0.15, 0.2) is 97.1 Å². The summed E-state index contributed by atoms with van der Waals surface area (Å²) in [5, 5.41) is 38.8. The number of halogens is 1. The minimum absolute atomic E-state index is 0.142. The number of aliphatic hydroxyl groups is 2. The number of hydrogen-bond acceptors (Lipinski definition) is 11. The van der Waals surface area contributed by atoms with E-state index in [1.54, 1.807) is 68.4 Å². The van der Waals surface area contributed by atoms with Crippen molar-refractivity contribution in [2.45, 2.75) is 64.8 Å². The minimum atomic E-state index is -1.77. The fraction of sp³-hybridized carbons (Fsp3) is 0.250. The quantitative estimate of drug-likeness (QED) is 0.0640. The molecule has 0 bridgehead atoms. The number of carbonyl (C=O) groups excluding carboxylic acids is 4. The molecule has 0 spiro atoms. The number of carboxylic acids is 2. The van der Waals surface area contributed by atoms with Gasteiger partial charge >= 0.3 is 23.9 Å². The van der Waals surface area contributed by atoms with Gasteiger partial charge in [-0.3, -0.25) is 19.2 Å². The Kier molecular flexibility index (Phi) is 18.4. The standard InChI is InChI=1S/C20H21NO6.C10H9ClO3.C10H13NO3/c1-12-15(9-6-10-17(12)27-13(2)22)19(24)21-16(18(23)20(25)26)11-14-7-4-3-5-8-14;1-6-8(10(11)13)4-3-5-9(6)14-7(2)12;11-8(9(12)10(13)14)6-7-4-2-1-3-5-7/h3-10,16,18,23H,11H2,1-2H3,(H,21,24)(H,25,26);3-5H,1-2H3;1-5,8-9,12H,6,11H2,(H,13,14)/t16?,18-;;8?,9-/m0.0/s1. The van der Waals surface area contributed by atoms with Crippen molar-refractivity contribution < 1.29 is 58.7 Å². The molecule has 0 aliphatic carbocycles. The molecule has 55 heavy (non-hydrogen) atoms. The van der Waals surface area contributed by atoms with Crippen molar-refractivity contribution >= 4 is 46.6 Å². The number of benzene rings is 4. The van der Waals surface area contributed by atoms with Crippen molar-refractivity contribution in [1.29, 1.82) is 0 Å². The number of ether oxygens (including phenoxy) is 2. The molecule has 4 atom stereocenters. The Bertz CT molecular complexity index is 1940. The molecule has 0 heterocycles. The first-order valence-electron chi connectivity index (χ1n) is 16.6. The van der Waals surface area contributed by atoms with E-state index in [9.17, 15) is 33.9 Å². The number of aliphatic hydroxyl groups excluding tert-OH is 2. The van der Waals surface area contributed by atoms with Crippen molar-refractivity contribution in [3.8, 4) is 11.5 Å². The first-order chi connectivity index (χ1) is 25.9. The molecule has 0 saturated heterocycles. The fourth-order valence-electron chi connectivity index (χ4n) is 4.93. The van der Waals surface area contributed by atoms with Gasteiger partial charge in [-0.1, -0.05) is 72.8 Å². The number of hydrogen-bond donors (Lipinski definition) is 6. The summed E-state index contributed by atoms with van der Waals surface area (Å²) in [4.78, 5) is 67.1. The Balaban J connectivity index is 0.000000314. The number of carboxylic acid groups (broad SMARTS) is 2. The summed E-state index contributed by atoms with van der Waals surface area (Å²) in [6.07, 6.45) is -2.78. The van der Waals surface area contributed by atoms with Gasteiger partial charge < -0.3 is 41.0 Å². The van der Waals surface area contributed by atoms with Gasteiger partial charge in [0.25, 0.3) is 11.1 Å². The molecule has 0 saturated carbocycles. The fourth-order valence-corrected chi connectivity index (χ4v) is 5.13. The largest absolute Gasteiger partial charge is 0.479 e. The molecule has 0 aliphatic heterocycles. The lowest BCUT2D eigenvalue weighted by molar-refractivity contribution is -0.148. The van der Waals surface area contributed by atoms with Crippen LogP contribution in [0.1, 0.15) is 56.8 Å². The molecule has 0 aromatic heterocycles. The van der Waals surface area contributed by atoms with E-state index >= 15 is 0 Å². The van der Waals surface area contributed by atoms with Gasteiger partial charge in [0.05, 0.1) is 6.04 Å². The summed E-state index contributed by atoms with van der Waals surface area (Å²) in [6, 6.07) is 25.8. The maximum Gasteiger partial charge on any atom is 0.334 e. The Morgan fingerprint density at radius 2 is 1.05 bits per heavy atom. The maximum atomic E-state index is 12.7. The first kappa shape index (κ1) is 45.2. The molecule has 0 aliphatic rings. The lowest BCUT2D eigenvalue weighted by atomic mass is 10.00. The van der Waals surface area contributed by atoms with E-state index in [2.05, 4.69) is 5.32 Å². The number of aliphatic carboxylic acids is 2. The van der Waals surface area contributed by atoms with E-state index < -0.39 is 59.3 Å². The number of nitrogens with one attached hydrogen (secondary N) is 1. The van der Waals surface area contributed by atoms with Gasteiger partial charge in [0.15, 0.2) is 12.2 Å². The molecular weight excluding hydrogens is 736 g/mol. The molecule has 0 fully saturated rings. The Morgan fingerprint density at radius 3 is 1.47 bits per heavy atom. The van der Waals surface area contributed by atoms with Gasteiger partial charge in [0.2, 0.25) is 0 Å². The number of nitrogens with two attached hydrogens (primary N) is 1. The average molecular weight is 779 g/mol. The molecule has 14 nitrogen and oxygen atoms in total. The second-order valence-corrected chi connectivity index (χ2v) is 12.4. The predicted molar refractivity (Wildman–Crippen MR) is 202 cm³/mol. The van der Waals surface area contributed by atoms with E-state index in [1.165, 1.54) is 19.9 Å². The Hall–Kier alpha value is -5.93. The highest BCUT2D eigenvalue weighted by Gasteiger charge is 2.29. The third kappa shape index (κ3) is 15.1. The molecule has 292 valence electrons. The van der Waals surface area contributed by atoms with Crippen LogP contribution in [0.2, 0.25) is 0 Å². The zero-order valence-corrected chi connectivity index (χ0v) is 31.2. The van der Waals surface area contributed by atoms with Crippen molar-refractivity contribution in [2.75, 3.05) is 0 Å². The molecule has 15 heteroatoms. The monoisotopic (exact) mass is 778 g/mol. The molecular formula is C40H43ClN2O12. The lowest BCUT2D eigenvalue weighted by Crippen LogP contribution is -2.48. The van der Waals surface area contributed by atoms with Crippen LogP contribution in [0.4, 0.5) is 0 Å². The van der Waals surface area contributed by atoms with E-state index in [0.29, 0.717) is 28.9 Å². The smallest absolute Gasteiger partial charge is 0.334 e. The van der Waals surface area contributed by atoms with E-state index in [4.69, 9.17) is 42.1 Å². The molecule has 0 radical (unpaired) electrons. The number of amides is 1. The maximum absolute atomic E-state index is 12.7. The highest BCUT2D eigenvalue weighted by molar-refractivity contribution is 6.68. The van der Waals surface area contributed by atoms with Gasteiger partial charge in [0, 0.05) is 42.1 Å². The zero-order valence-electron chi connectivity index (χ0n) is 30.5. The summed E-state index contributed by atoms with van der Waals surface area (Å²) in [5.74, 6) is -3.61. The summed E-state index contributed by atoms with van der Waals surface area (Å²) in [7, 11) is 0. The number of esters is 2. The van der Waals surface area contributed by atoms with Crippen LogP contribution >= 0.6 is 11.6 Å². The van der Waals surface area contributed by atoms with Crippen LogP contribution in [0.5, 0.6) is 11.5 Å². The van der Waals surface area contributed by atoms with Crippen molar-refractivity contribution in [3.05, 3.63) is 130 Å². The Labute approximate surface area is 322 Å². The van der Waals surface area contributed by atoms with Crippen LogP contribution in [-0.4, -0.2) is 79.7 Å². The SMILES string of the molecule is CC(=O)Oc1cccc(C(=O)Cl)c1C.CC(=O)Oc1cccc(C(=O)NC(Cc2ccccc2)[C@H](O)C(=O)O)c1C.NC(Cc1ccccc1)[C@H](O)C(=O)O. The highest BCUT2D eigenvalue weighted by atomic mass is 35.5. The normalized spacial score (nSPS) is 12.4. The van der Waals surface area contributed by atoms with Gasteiger partial charge in [-0.05, 0) is 73.7 Å². The van der Waals surface area contributed by atoms with Gasteiger partial charge in [-0.2, -0.15) is 0 Å². The van der Waals surface area contributed by atoms with E-state index in [0.717, 1.165) is 11.1 Å². The predicted octanol–water partition coefficient (Wildman–Crippen LogP) is 4.01. The second kappa shape index (κ2) is 22.3. The summed E-state index contributed by atoms with van der Waals surface area (Å²) in [5.41, 5.74) is 8.80. The van der Waals surface area contributed by atoms with Crippen LogP contribution in [0, 0.1) is 13.8 Å². The molecule has 4 aromatic rings. The molecule has 1 amide bonds. The molecule has 4 aromatic carbocycles. The average Bonchev–Trinajstić information content (AvgIpc) is 3.13. The first-order valence-corrected chi connectivity index (χ1v) is 17.0. The third-order valence-corrected chi connectivity index (χ3v) is 7.96. The van der Waals surface area contributed by atoms with Crippen molar-refractivity contribution in [3.63, 3.8) is 0 Å². The van der Waals surface area contributed by atoms with Crippen molar-refractivity contribution in [1.82, 2.24) is 5.32 Å². The summed E-state index contributed by atoms with van der Waals surface area (Å²) in [6.45, 7) is 5.85. The summed E-state index contributed by atoms with van der Waals surface area (Å²) >= 11 is 5.34. The highest BCUT2D eigenvalue weighted by Crippen LogP contribution is 2.23. The minimum Gasteiger partial charge on any atom is -0.479 e. The third-order valence-electron chi connectivity index (χ3n) is 7.75. The van der Waals surface area contributed by atoms with E-state index in [1.807, 2.05) is 36.4 Å². The van der Waals surface area contributed by atoms with Crippen LogP contribution in [-0.2, 0) is 32.0 Å². The van der Waals surface area contributed by atoms with Gasteiger partial charge in [-0.25, -0.2) is 9.59 Å². The van der Waals surface area contributed by atoms with E-state index in [-0.39, 0.29) is 17.7 Å².